The fourth-order valence-corrected chi connectivity index (χ4v) is 0.315. The molecule has 0 rings (SSSR count). The van der Waals surface area contributed by atoms with E-state index in [1.807, 2.05) is 0 Å². The number of hydrogen-bond donors (Lipinski definition) is 0. The molecular weight excluding hydrogens is 103 g/mol. The zero-order chi connectivity index (χ0) is 4.99. The van der Waals surface area contributed by atoms with E-state index in [9.17, 15) is 4.89 Å². The predicted molar refractivity (Wildman–Crippen MR) is 20.9 cm³/mol. The van der Waals surface area contributed by atoms with Crippen LogP contribution in [0.3, 0.4) is 0 Å². The second-order valence-corrected chi connectivity index (χ2v) is 1.71. The molecule has 3 nitrogen and oxygen atoms in total. The summed E-state index contributed by atoms with van der Waals surface area (Å²) in [5, 5.41) is 0. The molecule has 0 fully saturated rings. The SMILES string of the molecule is COOP(C)[O-]. The molecule has 0 radical (unpaired) electrons. The third kappa shape index (κ3) is 4.31. The molecule has 0 saturated carbocycles. The highest BCUT2D eigenvalue weighted by molar-refractivity contribution is 7.43. The van der Waals surface area contributed by atoms with Crippen LogP contribution in [-0.2, 0) is 9.56 Å². The lowest BCUT2D eigenvalue weighted by atomic mass is 11.8. The van der Waals surface area contributed by atoms with Crippen LogP contribution in [0.15, 0.2) is 0 Å². The molecule has 0 aliphatic rings. The first-order chi connectivity index (χ1) is 2.77. The van der Waals surface area contributed by atoms with Gasteiger partial charge in [0.15, 0.2) is 0 Å². The van der Waals surface area contributed by atoms with Crippen molar-refractivity contribution in [1.29, 1.82) is 0 Å². The Morgan fingerprint density at radius 3 is 2.17 bits per heavy atom. The summed E-state index contributed by atoms with van der Waals surface area (Å²) in [5.41, 5.74) is 0. The molecule has 6 heavy (non-hydrogen) atoms. The van der Waals surface area contributed by atoms with Crippen molar-refractivity contribution < 1.29 is 14.5 Å². The molecule has 0 aliphatic carbocycles. The van der Waals surface area contributed by atoms with Crippen molar-refractivity contribution in [2.45, 2.75) is 0 Å². The normalized spacial score (nSPS) is 14.5. The van der Waals surface area contributed by atoms with Gasteiger partial charge >= 0.3 is 0 Å². The van der Waals surface area contributed by atoms with Gasteiger partial charge in [-0.05, 0) is 15.0 Å². The molecule has 38 valence electrons. The summed E-state index contributed by atoms with van der Waals surface area (Å²) in [6.07, 6.45) is 0. The van der Waals surface area contributed by atoms with Crippen LogP contribution in [0.25, 0.3) is 0 Å². The third-order valence-electron chi connectivity index (χ3n) is 0.180. The van der Waals surface area contributed by atoms with Crippen molar-refractivity contribution in [3.63, 3.8) is 0 Å². The van der Waals surface area contributed by atoms with Gasteiger partial charge in [-0.3, -0.25) is 0 Å². The monoisotopic (exact) mass is 109 g/mol. The third-order valence-corrected chi connectivity index (χ3v) is 0.539. The molecule has 1 unspecified atom stereocenters. The molecule has 0 heterocycles. The second-order valence-electron chi connectivity index (χ2n) is 0.681. The second kappa shape index (κ2) is 3.50. The van der Waals surface area contributed by atoms with Crippen molar-refractivity contribution in [1.82, 2.24) is 0 Å². The lowest BCUT2D eigenvalue weighted by molar-refractivity contribution is -0.253. The number of hydrogen-bond acceptors (Lipinski definition) is 3. The van der Waals surface area contributed by atoms with Crippen molar-refractivity contribution in [2.75, 3.05) is 13.8 Å². The summed E-state index contributed by atoms with van der Waals surface area (Å²) in [6, 6.07) is 0. The van der Waals surface area contributed by atoms with Crippen LogP contribution in [0, 0.1) is 0 Å². The van der Waals surface area contributed by atoms with Gasteiger partial charge in [0.25, 0.3) is 0 Å². The highest BCUT2D eigenvalue weighted by atomic mass is 31.2. The Kier molecular flexibility index (Phi) is 3.68. The van der Waals surface area contributed by atoms with E-state index < -0.39 is 8.38 Å². The summed E-state index contributed by atoms with van der Waals surface area (Å²) in [4.78, 5) is 13.9. The van der Waals surface area contributed by atoms with E-state index in [2.05, 4.69) is 9.56 Å². The van der Waals surface area contributed by atoms with Crippen LogP contribution < -0.4 is 4.89 Å². The van der Waals surface area contributed by atoms with E-state index in [1.165, 1.54) is 13.8 Å². The van der Waals surface area contributed by atoms with E-state index >= 15 is 0 Å². The smallest absolute Gasteiger partial charge is 0.0715 e. The van der Waals surface area contributed by atoms with Gasteiger partial charge in [-0.25, -0.2) is 9.56 Å². The van der Waals surface area contributed by atoms with Crippen LogP contribution in [-0.4, -0.2) is 13.8 Å². The Bertz CT molecular complexity index is 30.0. The Balaban J connectivity index is 2.63. The van der Waals surface area contributed by atoms with Gasteiger partial charge in [0.1, 0.15) is 0 Å². The first-order valence-corrected chi connectivity index (χ1v) is 3.01. The van der Waals surface area contributed by atoms with Crippen LogP contribution in [0.1, 0.15) is 0 Å². The van der Waals surface area contributed by atoms with Crippen molar-refractivity contribution >= 4 is 8.38 Å². The average molecular weight is 109 g/mol. The molecule has 0 saturated heterocycles. The molecule has 0 aliphatic heterocycles. The highest BCUT2D eigenvalue weighted by Crippen LogP contribution is 2.17. The molecule has 0 spiro atoms. The Morgan fingerprint density at radius 1 is 1.67 bits per heavy atom. The van der Waals surface area contributed by atoms with Crippen LogP contribution in [0.2, 0.25) is 0 Å². The summed E-state index contributed by atoms with van der Waals surface area (Å²) in [5.74, 6) is 0. The van der Waals surface area contributed by atoms with Gasteiger partial charge in [0.2, 0.25) is 0 Å². The van der Waals surface area contributed by atoms with Gasteiger partial charge in [-0.15, -0.1) is 0 Å². The Morgan fingerprint density at radius 2 is 2.17 bits per heavy atom. The lowest BCUT2D eigenvalue weighted by Gasteiger charge is -2.11. The molecule has 0 bridgehead atoms. The fraction of sp³-hybridized carbons (Fsp3) is 1.00. The average Bonchev–Trinajstić information content (AvgIpc) is 1.35. The molecule has 0 amide bonds. The summed E-state index contributed by atoms with van der Waals surface area (Å²) in [6.45, 7) is 1.42. The summed E-state index contributed by atoms with van der Waals surface area (Å²) >= 11 is 0. The fourth-order valence-electron chi connectivity index (χ4n) is 0.105. The van der Waals surface area contributed by atoms with E-state index in [0.717, 1.165) is 0 Å². The number of rotatable bonds is 2. The van der Waals surface area contributed by atoms with E-state index in [-0.39, 0.29) is 0 Å². The van der Waals surface area contributed by atoms with E-state index in [4.69, 9.17) is 0 Å². The van der Waals surface area contributed by atoms with Crippen molar-refractivity contribution in [2.24, 2.45) is 0 Å². The molecule has 0 aromatic carbocycles. The summed E-state index contributed by atoms with van der Waals surface area (Å²) in [7, 11) is -0.257. The first-order valence-electron chi connectivity index (χ1n) is 1.39. The maximum absolute atomic E-state index is 9.84. The zero-order valence-corrected chi connectivity index (χ0v) is 4.57. The Hall–Kier alpha value is 0.310. The molecule has 4 heteroatoms. The van der Waals surface area contributed by atoms with Gasteiger partial charge in [-0.1, -0.05) is 0 Å². The minimum absolute atomic E-state index is 1.32. The zero-order valence-electron chi connectivity index (χ0n) is 3.67. The van der Waals surface area contributed by atoms with Gasteiger partial charge < -0.3 is 4.89 Å². The minimum Gasteiger partial charge on any atom is -0.806 e. The standard InChI is InChI=1S/C2H6O3P/c1-4-5-6(2)3/h1-2H3/q-1. The Labute approximate surface area is 37.7 Å². The van der Waals surface area contributed by atoms with Gasteiger partial charge in [0.05, 0.1) is 7.11 Å². The van der Waals surface area contributed by atoms with Crippen LogP contribution >= 0.6 is 8.38 Å². The highest BCUT2D eigenvalue weighted by Gasteiger charge is 1.74. The first kappa shape index (κ1) is 6.31. The maximum atomic E-state index is 9.84. The van der Waals surface area contributed by atoms with Gasteiger partial charge in [-0.2, -0.15) is 0 Å². The van der Waals surface area contributed by atoms with E-state index in [1.54, 1.807) is 0 Å². The van der Waals surface area contributed by atoms with Crippen molar-refractivity contribution in [3.05, 3.63) is 0 Å². The lowest BCUT2D eigenvalue weighted by Crippen LogP contribution is -1.94. The summed E-state index contributed by atoms with van der Waals surface area (Å²) < 4.78 is 4.05. The van der Waals surface area contributed by atoms with Crippen LogP contribution in [0.5, 0.6) is 0 Å². The van der Waals surface area contributed by atoms with Crippen LogP contribution in [0.4, 0.5) is 0 Å². The quantitative estimate of drug-likeness (QED) is 0.281. The predicted octanol–water partition coefficient (Wildman–Crippen LogP) is -0.134. The molecule has 0 aromatic rings. The maximum Gasteiger partial charge on any atom is 0.0715 e. The molecule has 0 N–H and O–H groups in total. The largest absolute Gasteiger partial charge is 0.806 e. The molecular formula is C2H6O3P-. The van der Waals surface area contributed by atoms with Gasteiger partial charge in [0, 0.05) is 0 Å². The topological polar surface area (TPSA) is 41.5 Å². The molecule has 0 aromatic heterocycles. The van der Waals surface area contributed by atoms with Crippen molar-refractivity contribution in [3.8, 4) is 0 Å². The minimum atomic E-state index is -1.57. The van der Waals surface area contributed by atoms with E-state index in [0.29, 0.717) is 0 Å². The molecule has 1 atom stereocenters.